The first-order valence-corrected chi connectivity index (χ1v) is 8.05. The number of hydrogen-bond donors (Lipinski definition) is 2. The first-order valence-electron chi connectivity index (χ1n) is 8.05. The molecule has 2 amide bonds. The second-order valence-corrected chi connectivity index (χ2v) is 5.58. The number of carbonyl (C=O) groups excluding carboxylic acids is 1. The number of methoxy groups -OCH3 is 1. The fourth-order valence-corrected chi connectivity index (χ4v) is 2.56. The number of benzene rings is 1. The molecular weight excluding hydrogens is 320 g/mol. The van der Waals surface area contributed by atoms with Crippen LogP contribution >= 0.6 is 0 Å². The first-order chi connectivity index (χ1) is 12.1. The van der Waals surface area contributed by atoms with Crippen molar-refractivity contribution in [1.82, 2.24) is 15.3 Å². The Morgan fingerprint density at radius 2 is 2.20 bits per heavy atom. The van der Waals surface area contributed by atoms with Crippen molar-refractivity contribution in [2.75, 3.05) is 12.4 Å². The van der Waals surface area contributed by atoms with Gasteiger partial charge in [-0.1, -0.05) is 6.92 Å². The molecule has 1 aromatic carbocycles. The van der Waals surface area contributed by atoms with Gasteiger partial charge < -0.3 is 19.8 Å². The minimum Gasteiger partial charge on any atom is -0.495 e. The van der Waals surface area contributed by atoms with E-state index in [1.54, 1.807) is 37.7 Å². The molecule has 2 aromatic heterocycles. The second-order valence-electron chi connectivity index (χ2n) is 5.58. The molecule has 7 nitrogen and oxygen atoms in total. The third-order valence-electron chi connectivity index (χ3n) is 3.84. The number of oxazole rings is 1. The number of urea groups is 1. The molecule has 0 aliphatic heterocycles. The van der Waals surface area contributed by atoms with Gasteiger partial charge >= 0.3 is 6.03 Å². The normalized spacial score (nSPS) is 12.0. The van der Waals surface area contributed by atoms with E-state index in [4.69, 9.17) is 9.15 Å². The lowest BCUT2D eigenvalue weighted by Gasteiger charge is -2.17. The summed E-state index contributed by atoms with van der Waals surface area (Å²) in [5.41, 5.74) is 2.93. The molecule has 25 heavy (non-hydrogen) atoms. The second kappa shape index (κ2) is 7.21. The van der Waals surface area contributed by atoms with E-state index in [1.807, 2.05) is 19.9 Å². The first kappa shape index (κ1) is 16.8. The number of pyridine rings is 1. The van der Waals surface area contributed by atoms with Gasteiger partial charge in [0.25, 0.3) is 0 Å². The van der Waals surface area contributed by atoms with Crippen LogP contribution in [-0.2, 0) is 6.42 Å². The SMILES string of the molecule is CCc1nc2cc(NC(=O)N[C@@H](C)c3ccncc3OC)ccc2o1. The average Bonchev–Trinajstić information content (AvgIpc) is 3.04. The summed E-state index contributed by atoms with van der Waals surface area (Å²) in [4.78, 5) is 20.7. The Morgan fingerprint density at radius 3 is 2.96 bits per heavy atom. The van der Waals surface area contributed by atoms with Crippen molar-refractivity contribution in [1.29, 1.82) is 0 Å². The zero-order valence-corrected chi connectivity index (χ0v) is 14.4. The maximum atomic E-state index is 12.3. The highest BCUT2D eigenvalue weighted by molar-refractivity contribution is 5.91. The molecule has 130 valence electrons. The van der Waals surface area contributed by atoms with Gasteiger partial charge in [-0.3, -0.25) is 4.98 Å². The molecule has 1 atom stereocenters. The highest BCUT2D eigenvalue weighted by atomic mass is 16.5. The van der Waals surface area contributed by atoms with E-state index in [0.29, 0.717) is 22.9 Å². The van der Waals surface area contributed by atoms with Crippen molar-refractivity contribution < 1.29 is 13.9 Å². The van der Waals surface area contributed by atoms with Crippen LogP contribution in [0.4, 0.5) is 10.5 Å². The van der Waals surface area contributed by atoms with Crippen LogP contribution in [0.1, 0.15) is 31.3 Å². The summed E-state index contributed by atoms with van der Waals surface area (Å²) >= 11 is 0. The highest BCUT2D eigenvalue weighted by Gasteiger charge is 2.14. The molecule has 2 N–H and O–H groups in total. The lowest BCUT2D eigenvalue weighted by Crippen LogP contribution is -2.31. The van der Waals surface area contributed by atoms with Gasteiger partial charge in [-0.2, -0.15) is 0 Å². The fraction of sp³-hybridized carbons (Fsp3) is 0.278. The molecule has 0 saturated heterocycles. The van der Waals surface area contributed by atoms with Crippen molar-refractivity contribution in [2.24, 2.45) is 0 Å². The van der Waals surface area contributed by atoms with E-state index in [1.165, 1.54) is 0 Å². The lowest BCUT2D eigenvalue weighted by molar-refractivity contribution is 0.249. The molecule has 0 aliphatic rings. The number of ether oxygens (including phenoxy) is 1. The lowest BCUT2D eigenvalue weighted by atomic mass is 10.1. The molecule has 3 aromatic rings. The Balaban J connectivity index is 1.69. The Bertz CT molecular complexity index is 891. The van der Waals surface area contributed by atoms with Crippen LogP contribution in [0.3, 0.4) is 0 Å². The van der Waals surface area contributed by atoms with E-state index in [9.17, 15) is 4.79 Å². The monoisotopic (exact) mass is 340 g/mol. The van der Waals surface area contributed by atoms with Crippen molar-refractivity contribution >= 4 is 22.8 Å². The fourth-order valence-electron chi connectivity index (χ4n) is 2.56. The molecule has 0 radical (unpaired) electrons. The zero-order chi connectivity index (χ0) is 17.8. The molecule has 2 heterocycles. The van der Waals surface area contributed by atoms with E-state index < -0.39 is 0 Å². The topological polar surface area (TPSA) is 89.3 Å². The van der Waals surface area contributed by atoms with Gasteiger partial charge in [0.1, 0.15) is 11.3 Å². The molecule has 0 unspecified atom stereocenters. The van der Waals surface area contributed by atoms with E-state index in [0.717, 1.165) is 17.5 Å². The van der Waals surface area contributed by atoms with E-state index >= 15 is 0 Å². The van der Waals surface area contributed by atoms with Gasteiger partial charge in [0, 0.05) is 23.9 Å². The van der Waals surface area contributed by atoms with Crippen molar-refractivity contribution in [3.05, 3.63) is 48.1 Å². The standard InChI is InChI=1S/C18H20N4O3/c1-4-17-22-14-9-12(5-6-15(14)25-17)21-18(23)20-11(2)13-7-8-19-10-16(13)24-3/h5-11H,4H2,1-3H3,(H2,20,21,23)/t11-/m0/s1. The average molecular weight is 340 g/mol. The smallest absolute Gasteiger partial charge is 0.319 e. The summed E-state index contributed by atoms with van der Waals surface area (Å²) in [6.45, 7) is 3.86. The Labute approximate surface area is 145 Å². The molecule has 0 fully saturated rings. The number of carbonyl (C=O) groups is 1. The van der Waals surface area contributed by atoms with Crippen LogP contribution in [0.5, 0.6) is 5.75 Å². The van der Waals surface area contributed by atoms with Crippen molar-refractivity contribution in [2.45, 2.75) is 26.3 Å². The zero-order valence-electron chi connectivity index (χ0n) is 14.4. The van der Waals surface area contributed by atoms with Gasteiger partial charge in [-0.25, -0.2) is 9.78 Å². The largest absolute Gasteiger partial charge is 0.495 e. The number of fused-ring (bicyclic) bond motifs is 1. The summed E-state index contributed by atoms with van der Waals surface area (Å²) in [5.74, 6) is 1.31. The van der Waals surface area contributed by atoms with Gasteiger partial charge in [-0.15, -0.1) is 0 Å². The van der Waals surface area contributed by atoms with Crippen LogP contribution in [0.2, 0.25) is 0 Å². The van der Waals surface area contributed by atoms with Crippen LogP contribution in [-0.4, -0.2) is 23.1 Å². The molecule has 0 aliphatic carbocycles. The summed E-state index contributed by atoms with van der Waals surface area (Å²) in [6.07, 6.45) is 4.01. The van der Waals surface area contributed by atoms with Crippen LogP contribution in [0.15, 0.2) is 41.1 Å². The van der Waals surface area contributed by atoms with E-state index in [2.05, 4.69) is 20.6 Å². The minimum atomic E-state index is -0.315. The molecule has 0 spiro atoms. The molecule has 0 saturated carbocycles. The van der Waals surface area contributed by atoms with Crippen LogP contribution < -0.4 is 15.4 Å². The number of aryl methyl sites for hydroxylation is 1. The van der Waals surface area contributed by atoms with Crippen molar-refractivity contribution in [3.63, 3.8) is 0 Å². The minimum absolute atomic E-state index is 0.236. The number of rotatable bonds is 5. The van der Waals surface area contributed by atoms with E-state index in [-0.39, 0.29) is 12.1 Å². The number of aromatic nitrogens is 2. The van der Waals surface area contributed by atoms with Gasteiger partial charge in [0.05, 0.1) is 19.3 Å². The molecular formula is C18H20N4O3. The molecule has 0 bridgehead atoms. The maximum absolute atomic E-state index is 12.3. The summed E-state index contributed by atoms with van der Waals surface area (Å²) in [7, 11) is 1.57. The Hall–Kier alpha value is -3.09. The quantitative estimate of drug-likeness (QED) is 0.739. The van der Waals surface area contributed by atoms with Crippen LogP contribution in [0.25, 0.3) is 11.1 Å². The number of anilines is 1. The van der Waals surface area contributed by atoms with Gasteiger partial charge in [0.2, 0.25) is 0 Å². The number of nitrogens with zero attached hydrogens (tertiary/aromatic N) is 2. The van der Waals surface area contributed by atoms with Crippen LogP contribution in [0, 0.1) is 0 Å². The Kier molecular flexibility index (Phi) is 4.83. The van der Waals surface area contributed by atoms with Crippen molar-refractivity contribution in [3.8, 4) is 5.75 Å². The number of amides is 2. The molecule has 3 rings (SSSR count). The predicted molar refractivity (Wildman–Crippen MR) is 94.7 cm³/mol. The summed E-state index contributed by atoms with van der Waals surface area (Å²) in [5, 5.41) is 5.69. The highest BCUT2D eigenvalue weighted by Crippen LogP contribution is 2.24. The number of hydrogen-bond acceptors (Lipinski definition) is 5. The third-order valence-corrected chi connectivity index (χ3v) is 3.84. The third kappa shape index (κ3) is 3.71. The predicted octanol–water partition coefficient (Wildman–Crippen LogP) is 3.68. The Morgan fingerprint density at radius 1 is 1.36 bits per heavy atom. The van der Waals surface area contributed by atoms with Gasteiger partial charge in [-0.05, 0) is 31.2 Å². The number of nitrogens with one attached hydrogen (secondary N) is 2. The van der Waals surface area contributed by atoms with Gasteiger partial charge in [0.15, 0.2) is 11.5 Å². The summed E-state index contributed by atoms with van der Waals surface area (Å²) in [6, 6.07) is 6.63. The maximum Gasteiger partial charge on any atom is 0.319 e. The molecule has 7 heteroatoms. The summed E-state index contributed by atoms with van der Waals surface area (Å²) < 4.78 is 10.8.